The number of carbonyl (C=O) groups excluding carboxylic acids is 3. The van der Waals surface area contributed by atoms with E-state index in [0.29, 0.717) is 17.5 Å². The highest BCUT2D eigenvalue weighted by atomic mass is 19.1. The minimum absolute atomic E-state index is 0.0864. The zero-order chi connectivity index (χ0) is 26.0. The van der Waals surface area contributed by atoms with Crippen molar-refractivity contribution in [2.24, 2.45) is 11.8 Å². The standard InChI is InChI=1S/C12H15FN2O.C8H7FN2O3.C4H6O/c1-14-12(16)9-3-2-4-10(11(9)13)15-7-8-5-6-8;1-10-8(12)5-3-2-4-6(7(5)9)11(13)14;5-3-4-1-2-4/h2-4,8,15H,5-7H2,1H3,(H,14,16);2-4H,1H3,(H,10,12);3-4H,1-2H2. The van der Waals surface area contributed by atoms with Crippen molar-refractivity contribution in [2.75, 3.05) is 26.0 Å². The van der Waals surface area contributed by atoms with Crippen LogP contribution >= 0.6 is 0 Å². The molecule has 9 nitrogen and oxygen atoms in total. The number of nitro benzene ring substituents is 1. The Hall–Kier alpha value is -3.89. The van der Waals surface area contributed by atoms with Crippen LogP contribution in [0.25, 0.3) is 0 Å². The highest BCUT2D eigenvalue weighted by molar-refractivity contribution is 5.95. The molecular weight excluding hydrogens is 462 g/mol. The molecule has 4 rings (SSSR count). The van der Waals surface area contributed by atoms with Gasteiger partial charge in [0.1, 0.15) is 6.29 Å². The first-order valence-corrected chi connectivity index (χ1v) is 11.1. The van der Waals surface area contributed by atoms with Gasteiger partial charge in [-0.3, -0.25) is 19.7 Å². The van der Waals surface area contributed by atoms with Crippen molar-refractivity contribution in [3.05, 3.63) is 69.3 Å². The van der Waals surface area contributed by atoms with Gasteiger partial charge in [-0.05, 0) is 49.8 Å². The van der Waals surface area contributed by atoms with Gasteiger partial charge in [-0.15, -0.1) is 0 Å². The summed E-state index contributed by atoms with van der Waals surface area (Å²) in [6.07, 6.45) is 5.74. The van der Waals surface area contributed by atoms with Crippen molar-refractivity contribution in [2.45, 2.75) is 25.7 Å². The second-order valence-electron chi connectivity index (χ2n) is 8.02. The van der Waals surface area contributed by atoms with Gasteiger partial charge in [0.25, 0.3) is 11.8 Å². The Labute approximate surface area is 201 Å². The van der Waals surface area contributed by atoms with Gasteiger partial charge >= 0.3 is 5.69 Å². The molecule has 0 heterocycles. The summed E-state index contributed by atoms with van der Waals surface area (Å²) < 4.78 is 27.1. The predicted molar refractivity (Wildman–Crippen MR) is 126 cm³/mol. The number of hydrogen-bond donors (Lipinski definition) is 3. The molecule has 2 aliphatic carbocycles. The average Bonchev–Trinajstić information content (AvgIpc) is 3.78. The van der Waals surface area contributed by atoms with Gasteiger partial charge in [0.15, 0.2) is 5.82 Å². The van der Waals surface area contributed by atoms with Crippen LogP contribution in [0, 0.1) is 33.6 Å². The van der Waals surface area contributed by atoms with Crippen LogP contribution in [0.4, 0.5) is 20.2 Å². The number of nitrogens with zero attached hydrogens (tertiary/aromatic N) is 1. The summed E-state index contributed by atoms with van der Waals surface area (Å²) in [5.74, 6) is -1.55. The van der Waals surface area contributed by atoms with Crippen molar-refractivity contribution >= 4 is 29.5 Å². The van der Waals surface area contributed by atoms with Crippen LogP contribution in [-0.2, 0) is 4.79 Å². The van der Waals surface area contributed by atoms with Crippen LogP contribution in [0.5, 0.6) is 0 Å². The van der Waals surface area contributed by atoms with E-state index in [0.717, 1.165) is 31.7 Å². The molecular formula is C24H28F2N4O5. The molecule has 2 aliphatic rings. The third kappa shape index (κ3) is 8.43. The molecule has 0 aliphatic heterocycles. The number of carbonyl (C=O) groups is 3. The molecule has 0 unspecified atom stereocenters. The van der Waals surface area contributed by atoms with E-state index in [2.05, 4.69) is 16.0 Å². The predicted octanol–water partition coefficient (Wildman–Crippen LogP) is 3.70. The summed E-state index contributed by atoms with van der Waals surface area (Å²) >= 11 is 0. The van der Waals surface area contributed by atoms with Crippen LogP contribution < -0.4 is 16.0 Å². The zero-order valence-corrected chi connectivity index (χ0v) is 19.5. The van der Waals surface area contributed by atoms with Crippen molar-refractivity contribution in [3.63, 3.8) is 0 Å². The smallest absolute Gasteiger partial charge is 0.305 e. The minimum atomic E-state index is -1.11. The summed E-state index contributed by atoms with van der Waals surface area (Å²) in [4.78, 5) is 41.4. The zero-order valence-electron chi connectivity index (χ0n) is 19.5. The summed E-state index contributed by atoms with van der Waals surface area (Å²) in [5.41, 5.74) is -0.538. The number of aldehydes is 1. The number of amides is 2. The largest absolute Gasteiger partial charge is 0.382 e. The Kier molecular flexibility index (Phi) is 10.2. The highest BCUT2D eigenvalue weighted by Crippen LogP contribution is 2.29. The van der Waals surface area contributed by atoms with Gasteiger partial charge in [-0.2, -0.15) is 4.39 Å². The molecule has 11 heteroatoms. The number of anilines is 1. The van der Waals surface area contributed by atoms with E-state index >= 15 is 0 Å². The van der Waals surface area contributed by atoms with E-state index in [-0.39, 0.29) is 11.1 Å². The number of rotatable bonds is 7. The number of nitrogens with one attached hydrogen (secondary N) is 3. The van der Waals surface area contributed by atoms with E-state index in [1.54, 1.807) is 12.1 Å². The lowest BCUT2D eigenvalue weighted by Crippen LogP contribution is -2.20. The molecule has 2 aromatic rings. The van der Waals surface area contributed by atoms with E-state index in [1.165, 1.54) is 45.1 Å². The lowest BCUT2D eigenvalue weighted by atomic mass is 10.1. The van der Waals surface area contributed by atoms with Crippen molar-refractivity contribution in [3.8, 4) is 0 Å². The average molecular weight is 491 g/mol. The lowest BCUT2D eigenvalue weighted by molar-refractivity contribution is -0.387. The monoisotopic (exact) mass is 490 g/mol. The van der Waals surface area contributed by atoms with E-state index in [4.69, 9.17) is 0 Å². The fraction of sp³-hybridized carbons (Fsp3) is 0.375. The minimum Gasteiger partial charge on any atom is -0.382 e. The number of hydrogen-bond acceptors (Lipinski definition) is 6. The lowest BCUT2D eigenvalue weighted by Gasteiger charge is -2.09. The molecule has 0 spiro atoms. The van der Waals surface area contributed by atoms with E-state index < -0.39 is 34.1 Å². The maximum atomic E-state index is 13.9. The fourth-order valence-electron chi connectivity index (χ4n) is 2.76. The number of benzene rings is 2. The molecule has 0 radical (unpaired) electrons. The van der Waals surface area contributed by atoms with Gasteiger partial charge < -0.3 is 20.7 Å². The maximum absolute atomic E-state index is 13.9. The Balaban J connectivity index is 0.000000207. The highest BCUT2D eigenvalue weighted by Gasteiger charge is 2.22. The van der Waals surface area contributed by atoms with Crippen LogP contribution in [0.15, 0.2) is 36.4 Å². The summed E-state index contributed by atoms with van der Waals surface area (Å²) in [7, 11) is 2.81. The van der Waals surface area contributed by atoms with E-state index in [1.807, 2.05) is 0 Å². The van der Waals surface area contributed by atoms with Crippen LogP contribution in [0.2, 0.25) is 0 Å². The molecule has 0 aromatic heterocycles. The molecule has 3 N–H and O–H groups in total. The van der Waals surface area contributed by atoms with Gasteiger partial charge in [0.05, 0.1) is 21.7 Å². The molecule has 188 valence electrons. The second-order valence-corrected chi connectivity index (χ2v) is 8.02. The summed E-state index contributed by atoms with van der Waals surface area (Å²) in [6, 6.07) is 8.26. The molecule has 2 saturated carbocycles. The first kappa shape index (κ1) is 27.4. The van der Waals surface area contributed by atoms with E-state index in [9.17, 15) is 33.3 Å². The first-order valence-electron chi connectivity index (χ1n) is 11.1. The second kappa shape index (κ2) is 13.1. The van der Waals surface area contributed by atoms with Crippen LogP contribution in [0.3, 0.4) is 0 Å². The molecule has 2 amide bonds. The van der Waals surface area contributed by atoms with Crippen molar-refractivity contribution < 1.29 is 28.1 Å². The van der Waals surface area contributed by atoms with Gasteiger partial charge in [0.2, 0.25) is 5.82 Å². The third-order valence-electron chi connectivity index (χ3n) is 5.21. The maximum Gasteiger partial charge on any atom is 0.305 e. The Morgan fingerprint density at radius 3 is 1.94 bits per heavy atom. The summed E-state index contributed by atoms with van der Waals surface area (Å²) in [6.45, 7) is 0.786. The van der Waals surface area contributed by atoms with Gasteiger partial charge in [-0.1, -0.05) is 12.1 Å². The third-order valence-corrected chi connectivity index (χ3v) is 5.21. The quantitative estimate of drug-likeness (QED) is 0.308. The summed E-state index contributed by atoms with van der Waals surface area (Å²) in [5, 5.41) is 18.0. The molecule has 2 fully saturated rings. The Morgan fingerprint density at radius 2 is 1.51 bits per heavy atom. The molecule has 0 atom stereocenters. The van der Waals surface area contributed by atoms with Crippen LogP contribution in [0.1, 0.15) is 46.4 Å². The van der Waals surface area contributed by atoms with Crippen molar-refractivity contribution in [1.29, 1.82) is 0 Å². The van der Waals surface area contributed by atoms with Crippen molar-refractivity contribution in [1.82, 2.24) is 10.6 Å². The molecule has 0 saturated heterocycles. The Bertz CT molecular complexity index is 1070. The van der Waals surface area contributed by atoms with Gasteiger partial charge in [-0.25, -0.2) is 4.39 Å². The molecule has 2 aromatic carbocycles. The Morgan fingerprint density at radius 1 is 0.971 bits per heavy atom. The van der Waals surface area contributed by atoms with Gasteiger partial charge in [0, 0.05) is 32.6 Å². The molecule has 35 heavy (non-hydrogen) atoms. The number of halogens is 2. The first-order chi connectivity index (χ1) is 16.7. The molecule has 0 bridgehead atoms. The fourth-order valence-corrected chi connectivity index (χ4v) is 2.76. The van der Waals surface area contributed by atoms with Crippen LogP contribution in [-0.4, -0.2) is 43.7 Å². The normalized spacial score (nSPS) is 13.7. The topological polar surface area (TPSA) is 130 Å². The number of nitro groups is 1. The SMILES string of the molecule is CNC(=O)c1cccc(NCC2CC2)c1F.CNC(=O)c1cccc([N+](=O)[O-])c1F.O=CC1CC1.